The molecule has 3 N–H and O–H groups in total. The first-order chi connectivity index (χ1) is 12.9. The van der Waals surface area contributed by atoms with Gasteiger partial charge in [0.1, 0.15) is 0 Å². The van der Waals surface area contributed by atoms with Gasteiger partial charge in [-0.1, -0.05) is 25.7 Å². The van der Waals surface area contributed by atoms with Crippen LogP contribution in [0.4, 0.5) is 0 Å². The molecule has 0 radical (unpaired) electrons. The highest BCUT2D eigenvalue weighted by atomic mass is 16.2. The Morgan fingerprint density at radius 2 is 1.67 bits per heavy atom. The summed E-state index contributed by atoms with van der Waals surface area (Å²) in [5.74, 6) is 0.857. The van der Waals surface area contributed by atoms with Gasteiger partial charge in [0.15, 0.2) is 5.96 Å². The van der Waals surface area contributed by atoms with Crippen LogP contribution < -0.4 is 16.0 Å². The molecule has 6 nitrogen and oxygen atoms in total. The number of hydrogen-bond donors (Lipinski definition) is 3. The summed E-state index contributed by atoms with van der Waals surface area (Å²) in [6, 6.07) is 0. The Bertz CT molecular complexity index is 491. The van der Waals surface area contributed by atoms with Crippen LogP contribution in [0.15, 0.2) is 4.99 Å². The molecule has 1 amide bonds. The van der Waals surface area contributed by atoms with Crippen molar-refractivity contribution in [2.75, 3.05) is 39.8 Å². The predicted molar refractivity (Wildman–Crippen MR) is 113 cm³/mol. The Morgan fingerprint density at radius 3 is 2.26 bits per heavy atom. The van der Waals surface area contributed by atoms with Crippen molar-refractivity contribution in [2.45, 2.75) is 77.7 Å². The molecule has 6 heteroatoms. The molecule has 156 valence electrons. The molecule has 0 spiro atoms. The predicted octanol–water partition coefficient (Wildman–Crippen LogP) is 2.50. The molecule has 0 unspecified atom stereocenters. The molecule has 0 aromatic carbocycles. The van der Waals surface area contributed by atoms with Gasteiger partial charge in [-0.2, -0.15) is 0 Å². The fourth-order valence-corrected chi connectivity index (χ4v) is 4.46. The van der Waals surface area contributed by atoms with E-state index in [9.17, 15) is 4.79 Å². The monoisotopic (exact) mass is 379 g/mol. The lowest BCUT2D eigenvalue weighted by Gasteiger charge is -2.48. The van der Waals surface area contributed by atoms with Crippen LogP contribution in [0.5, 0.6) is 0 Å². The third-order valence-corrected chi connectivity index (χ3v) is 6.21. The van der Waals surface area contributed by atoms with E-state index in [1.165, 1.54) is 64.5 Å². The van der Waals surface area contributed by atoms with Gasteiger partial charge >= 0.3 is 0 Å². The smallest absolute Gasteiger partial charge is 0.227 e. The number of rotatable bonds is 7. The largest absolute Gasteiger partial charge is 0.359 e. The summed E-state index contributed by atoms with van der Waals surface area (Å²) in [6.45, 7) is 10.7. The van der Waals surface area contributed by atoms with Gasteiger partial charge in [0.25, 0.3) is 0 Å². The average Bonchev–Trinajstić information content (AvgIpc) is 2.70. The van der Waals surface area contributed by atoms with E-state index in [2.05, 4.69) is 27.8 Å². The van der Waals surface area contributed by atoms with E-state index in [-0.39, 0.29) is 11.4 Å². The first kappa shape index (κ1) is 22.0. The maximum absolute atomic E-state index is 12.0. The van der Waals surface area contributed by atoms with Crippen LogP contribution in [0, 0.1) is 5.41 Å². The lowest BCUT2D eigenvalue weighted by molar-refractivity contribution is -0.128. The minimum Gasteiger partial charge on any atom is -0.359 e. The summed E-state index contributed by atoms with van der Waals surface area (Å²) in [5.41, 5.74) is -0.238. The van der Waals surface area contributed by atoms with Gasteiger partial charge in [0.2, 0.25) is 5.91 Å². The molecule has 2 fully saturated rings. The Labute approximate surface area is 165 Å². The second kappa shape index (κ2) is 10.3. The molecule has 2 rings (SSSR count). The van der Waals surface area contributed by atoms with Crippen LogP contribution in [0.2, 0.25) is 0 Å². The molecule has 27 heavy (non-hydrogen) atoms. The minimum absolute atomic E-state index is 0.0270. The van der Waals surface area contributed by atoms with Crippen LogP contribution in [0.1, 0.15) is 72.1 Å². The average molecular weight is 380 g/mol. The van der Waals surface area contributed by atoms with E-state index in [1.54, 1.807) is 7.05 Å². The maximum atomic E-state index is 12.0. The number of carbonyl (C=O) groups is 1. The first-order valence-electron chi connectivity index (χ1n) is 10.9. The van der Waals surface area contributed by atoms with Gasteiger partial charge in [0, 0.05) is 25.7 Å². The Morgan fingerprint density at radius 1 is 1.04 bits per heavy atom. The van der Waals surface area contributed by atoms with Crippen LogP contribution >= 0.6 is 0 Å². The number of likely N-dealkylation sites (tertiary alicyclic amines) is 1. The number of piperidine rings is 1. The van der Waals surface area contributed by atoms with Crippen molar-refractivity contribution in [1.29, 1.82) is 0 Å². The van der Waals surface area contributed by atoms with E-state index < -0.39 is 5.41 Å². The molecule has 0 atom stereocenters. The first-order valence-corrected chi connectivity index (χ1v) is 10.9. The van der Waals surface area contributed by atoms with Crippen LogP contribution in [-0.4, -0.2) is 62.1 Å². The number of hydrogen-bond acceptors (Lipinski definition) is 3. The van der Waals surface area contributed by atoms with E-state index in [4.69, 9.17) is 4.99 Å². The molecule has 1 aliphatic carbocycles. The van der Waals surface area contributed by atoms with Gasteiger partial charge in [-0.3, -0.25) is 14.7 Å². The standard InChI is InChI=1S/C21H41N5O/c1-5-23-19(24-16-20(2,3)18(27)22-4)25-17-21(12-8-6-9-13-21)26-14-10-7-11-15-26/h5-17H2,1-4H3,(H,22,27)(H2,23,24,25). The zero-order valence-corrected chi connectivity index (χ0v) is 18.0. The SMILES string of the molecule is CCNC(=NCC(C)(C)C(=O)NC)NCC1(N2CCCCC2)CCCCC1. The summed E-state index contributed by atoms with van der Waals surface area (Å²) in [5, 5.41) is 9.72. The van der Waals surface area contributed by atoms with Crippen molar-refractivity contribution in [2.24, 2.45) is 10.4 Å². The number of carbonyl (C=O) groups excluding carboxylic acids is 1. The van der Waals surface area contributed by atoms with Gasteiger partial charge < -0.3 is 16.0 Å². The Kier molecular flexibility index (Phi) is 8.39. The number of aliphatic imine (C=N–C) groups is 1. The quantitative estimate of drug-likeness (QED) is 0.470. The maximum Gasteiger partial charge on any atom is 0.227 e. The van der Waals surface area contributed by atoms with Gasteiger partial charge in [-0.05, 0) is 59.5 Å². The van der Waals surface area contributed by atoms with E-state index >= 15 is 0 Å². The van der Waals surface area contributed by atoms with Crippen LogP contribution in [0.3, 0.4) is 0 Å². The number of amides is 1. The van der Waals surface area contributed by atoms with Crippen molar-refractivity contribution in [1.82, 2.24) is 20.9 Å². The minimum atomic E-state index is -0.507. The second-order valence-electron chi connectivity index (χ2n) is 8.84. The van der Waals surface area contributed by atoms with E-state index in [1.807, 2.05) is 13.8 Å². The summed E-state index contributed by atoms with van der Waals surface area (Å²) in [7, 11) is 1.68. The lowest BCUT2D eigenvalue weighted by Crippen LogP contribution is -2.59. The Hall–Kier alpha value is -1.30. The highest BCUT2D eigenvalue weighted by Gasteiger charge is 2.38. The molecular formula is C21H41N5O. The third kappa shape index (κ3) is 6.09. The Balaban J connectivity index is 2.04. The van der Waals surface area contributed by atoms with Gasteiger partial charge in [-0.25, -0.2) is 0 Å². The zero-order chi connectivity index (χ0) is 19.8. The highest BCUT2D eigenvalue weighted by Crippen LogP contribution is 2.35. The fourth-order valence-electron chi connectivity index (χ4n) is 4.46. The lowest BCUT2D eigenvalue weighted by atomic mass is 9.79. The van der Waals surface area contributed by atoms with E-state index in [0.29, 0.717) is 6.54 Å². The van der Waals surface area contributed by atoms with Crippen LogP contribution in [0.25, 0.3) is 0 Å². The van der Waals surface area contributed by atoms with Gasteiger partial charge in [0.05, 0.1) is 12.0 Å². The molecular weight excluding hydrogens is 338 g/mol. The second-order valence-corrected chi connectivity index (χ2v) is 8.84. The molecule has 1 heterocycles. The molecule has 0 bridgehead atoms. The van der Waals surface area contributed by atoms with Gasteiger partial charge in [-0.15, -0.1) is 0 Å². The molecule has 1 saturated heterocycles. The summed E-state index contributed by atoms with van der Waals surface area (Å²) >= 11 is 0. The van der Waals surface area contributed by atoms with Crippen molar-refractivity contribution in [3.8, 4) is 0 Å². The molecule has 0 aromatic rings. The molecule has 1 aliphatic heterocycles. The number of nitrogens with zero attached hydrogens (tertiary/aromatic N) is 2. The summed E-state index contributed by atoms with van der Waals surface area (Å²) < 4.78 is 0. The highest BCUT2D eigenvalue weighted by molar-refractivity contribution is 5.83. The molecule has 0 aromatic heterocycles. The number of nitrogens with one attached hydrogen (secondary N) is 3. The van der Waals surface area contributed by atoms with E-state index in [0.717, 1.165) is 19.0 Å². The normalized spacial score (nSPS) is 21.6. The van der Waals surface area contributed by atoms with Crippen molar-refractivity contribution >= 4 is 11.9 Å². The third-order valence-electron chi connectivity index (χ3n) is 6.21. The molecule has 1 saturated carbocycles. The van der Waals surface area contributed by atoms with Crippen molar-refractivity contribution in [3.63, 3.8) is 0 Å². The topological polar surface area (TPSA) is 68.8 Å². The van der Waals surface area contributed by atoms with Crippen molar-refractivity contribution < 1.29 is 4.79 Å². The molecule has 2 aliphatic rings. The van der Waals surface area contributed by atoms with Crippen LogP contribution in [-0.2, 0) is 4.79 Å². The summed E-state index contributed by atoms with van der Waals surface area (Å²) in [4.78, 5) is 19.5. The number of guanidine groups is 1. The fraction of sp³-hybridized carbons (Fsp3) is 0.905. The summed E-state index contributed by atoms with van der Waals surface area (Å²) in [6.07, 6.45) is 10.6. The van der Waals surface area contributed by atoms with Crippen molar-refractivity contribution in [3.05, 3.63) is 0 Å². The zero-order valence-electron chi connectivity index (χ0n) is 18.0.